The topological polar surface area (TPSA) is 90.1 Å². The molecule has 0 atom stereocenters. The molecule has 30 heavy (non-hydrogen) atoms. The molecule has 1 N–H and O–H groups in total. The van der Waals surface area contributed by atoms with Gasteiger partial charge in [0.15, 0.2) is 6.61 Å². The number of ether oxygens (including phenoxy) is 2. The highest BCUT2D eigenvalue weighted by atomic mass is 127. The van der Waals surface area contributed by atoms with Crippen molar-refractivity contribution in [1.29, 1.82) is 0 Å². The predicted octanol–water partition coefficient (Wildman–Crippen LogP) is 4.25. The molecule has 0 saturated heterocycles. The van der Waals surface area contributed by atoms with E-state index < -0.39 is 5.97 Å². The summed E-state index contributed by atoms with van der Waals surface area (Å²) in [5.74, 6) is 0.288. The minimum absolute atomic E-state index is 0.127. The summed E-state index contributed by atoms with van der Waals surface area (Å²) in [5.41, 5.74) is 5.09. The Balaban J connectivity index is 1.52. The molecule has 1 heterocycles. The van der Waals surface area contributed by atoms with Gasteiger partial charge >= 0.3 is 5.97 Å². The molecule has 0 aliphatic heterocycles. The first-order valence-electron chi connectivity index (χ1n) is 9.00. The molecule has 0 aliphatic rings. The van der Waals surface area contributed by atoms with Gasteiger partial charge in [-0.15, -0.1) is 0 Å². The number of carbonyl (C=O) groups excluding carboxylic acids is 2. The van der Waals surface area contributed by atoms with Crippen LogP contribution in [0, 0.1) is 17.4 Å². The van der Waals surface area contributed by atoms with Crippen LogP contribution < -0.4 is 14.9 Å². The molecule has 1 aromatic heterocycles. The number of aryl methyl sites for hydroxylation is 2. The number of esters is 1. The predicted molar refractivity (Wildman–Crippen MR) is 120 cm³/mol. The number of nitrogens with zero attached hydrogens (tertiary/aromatic N) is 1. The van der Waals surface area contributed by atoms with E-state index in [2.05, 4.69) is 33.1 Å². The number of carbonyl (C=O) groups is 2. The van der Waals surface area contributed by atoms with Crippen molar-refractivity contribution >= 4 is 40.7 Å². The van der Waals surface area contributed by atoms with Crippen molar-refractivity contribution in [3.8, 4) is 11.5 Å². The lowest BCUT2D eigenvalue weighted by atomic mass is 10.1. The summed E-state index contributed by atoms with van der Waals surface area (Å²) in [7, 11) is 0. The number of hydrogen-bond donors (Lipinski definition) is 1. The average molecular weight is 518 g/mol. The largest absolute Gasteiger partial charge is 0.483 e. The van der Waals surface area contributed by atoms with Gasteiger partial charge in [0.2, 0.25) is 5.76 Å². The smallest absolute Gasteiger partial charge is 0.379 e. The van der Waals surface area contributed by atoms with Gasteiger partial charge in [0.05, 0.1) is 16.0 Å². The second kappa shape index (κ2) is 10.1. The second-order valence-electron chi connectivity index (χ2n) is 6.36. The van der Waals surface area contributed by atoms with E-state index in [-0.39, 0.29) is 18.3 Å². The minimum Gasteiger partial charge on any atom is -0.483 e. The van der Waals surface area contributed by atoms with Crippen molar-refractivity contribution in [2.45, 2.75) is 13.8 Å². The maximum absolute atomic E-state index is 12.0. The van der Waals surface area contributed by atoms with Crippen LogP contribution in [-0.2, 0) is 4.79 Å². The van der Waals surface area contributed by atoms with Crippen LogP contribution in [0.1, 0.15) is 27.2 Å². The van der Waals surface area contributed by atoms with E-state index >= 15 is 0 Å². The van der Waals surface area contributed by atoms with Gasteiger partial charge < -0.3 is 13.9 Å². The van der Waals surface area contributed by atoms with Crippen molar-refractivity contribution in [1.82, 2.24) is 5.43 Å². The number of halogens is 1. The first kappa shape index (κ1) is 21.6. The van der Waals surface area contributed by atoms with Crippen molar-refractivity contribution in [3.05, 3.63) is 80.8 Å². The molecule has 3 aromatic rings. The van der Waals surface area contributed by atoms with E-state index in [1.54, 1.807) is 24.3 Å². The molecule has 3 rings (SSSR count). The van der Waals surface area contributed by atoms with E-state index in [4.69, 9.17) is 13.9 Å². The zero-order chi connectivity index (χ0) is 21.5. The highest BCUT2D eigenvalue weighted by Gasteiger charge is 2.13. The quantitative estimate of drug-likeness (QED) is 0.166. The molecular formula is C22H19IN2O5. The highest BCUT2D eigenvalue weighted by Crippen LogP contribution is 2.23. The Morgan fingerprint density at radius 1 is 1.13 bits per heavy atom. The van der Waals surface area contributed by atoms with E-state index in [9.17, 15) is 9.59 Å². The fraction of sp³-hybridized carbons (Fsp3) is 0.136. The first-order chi connectivity index (χ1) is 14.4. The Labute approximate surface area is 187 Å². The third-order valence-corrected chi connectivity index (χ3v) is 4.88. The summed E-state index contributed by atoms with van der Waals surface area (Å²) in [6.07, 6.45) is 2.90. The normalized spacial score (nSPS) is 10.8. The molecule has 0 radical (unpaired) electrons. The number of hydrogen-bond acceptors (Lipinski definition) is 6. The van der Waals surface area contributed by atoms with Crippen LogP contribution in [0.4, 0.5) is 0 Å². The molecule has 0 fully saturated rings. The summed E-state index contributed by atoms with van der Waals surface area (Å²) in [5, 5.41) is 3.94. The van der Waals surface area contributed by atoms with Gasteiger partial charge in [-0.25, -0.2) is 10.2 Å². The summed E-state index contributed by atoms with van der Waals surface area (Å²) >= 11 is 2.05. The highest BCUT2D eigenvalue weighted by molar-refractivity contribution is 14.1. The Morgan fingerprint density at radius 3 is 2.57 bits per heavy atom. The second-order valence-corrected chi connectivity index (χ2v) is 7.52. The Hall–Kier alpha value is -3.14. The van der Waals surface area contributed by atoms with Crippen LogP contribution >= 0.6 is 22.6 Å². The molecule has 0 spiro atoms. The molecule has 0 saturated carbocycles. The molecule has 8 heteroatoms. The number of amides is 1. The van der Waals surface area contributed by atoms with Crippen LogP contribution in [-0.4, -0.2) is 24.7 Å². The van der Waals surface area contributed by atoms with Gasteiger partial charge in [-0.1, -0.05) is 18.2 Å². The fourth-order valence-corrected chi connectivity index (χ4v) is 3.25. The molecule has 0 bridgehead atoms. The number of rotatable bonds is 7. The van der Waals surface area contributed by atoms with Crippen LogP contribution in [0.25, 0.3) is 0 Å². The molecule has 0 unspecified atom stereocenters. The molecule has 7 nitrogen and oxygen atoms in total. The van der Waals surface area contributed by atoms with Crippen LogP contribution in [0.5, 0.6) is 11.5 Å². The van der Waals surface area contributed by atoms with Gasteiger partial charge in [0.25, 0.3) is 5.91 Å². The zero-order valence-corrected chi connectivity index (χ0v) is 18.5. The number of para-hydroxylation sites is 1. The third-order valence-electron chi connectivity index (χ3n) is 4.04. The summed E-state index contributed by atoms with van der Waals surface area (Å²) in [4.78, 5) is 23.9. The zero-order valence-electron chi connectivity index (χ0n) is 16.3. The third kappa shape index (κ3) is 5.69. The summed E-state index contributed by atoms with van der Waals surface area (Å²) < 4.78 is 16.6. The monoisotopic (exact) mass is 518 g/mol. The minimum atomic E-state index is -0.574. The van der Waals surface area contributed by atoms with Crippen molar-refractivity contribution in [2.75, 3.05) is 6.61 Å². The van der Waals surface area contributed by atoms with Crippen LogP contribution in [0.15, 0.2) is 64.3 Å². The van der Waals surface area contributed by atoms with Crippen molar-refractivity contribution < 1.29 is 23.5 Å². The molecule has 1 amide bonds. The number of benzene rings is 2. The Kier molecular flexibility index (Phi) is 7.23. The summed E-state index contributed by atoms with van der Waals surface area (Å²) in [6, 6.07) is 14.1. The van der Waals surface area contributed by atoms with E-state index in [1.807, 2.05) is 32.0 Å². The lowest BCUT2D eigenvalue weighted by molar-refractivity contribution is -0.123. The fourth-order valence-electron chi connectivity index (χ4n) is 2.60. The van der Waals surface area contributed by atoms with E-state index in [0.717, 1.165) is 16.7 Å². The lowest BCUT2D eigenvalue weighted by Gasteiger charge is -2.10. The van der Waals surface area contributed by atoms with Gasteiger partial charge in [-0.05, 0) is 83.5 Å². The van der Waals surface area contributed by atoms with Crippen LogP contribution in [0.3, 0.4) is 0 Å². The van der Waals surface area contributed by atoms with Crippen molar-refractivity contribution in [2.24, 2.45) is 5.10 Å². The van der Waals surface area contributed by atoms with Crippen molar-refractivity contribution in [3.63, 3.8) is 0 Å². The molecule has 154 valence electrons. The Bertz CT molecular complexity index is 1060. The molecular weight excluding hydrogens is 499 g/mol. The maximum Gasteiger partial charge on any atom is 0.379 e. The number of nitrogens with one attached hydrogen (secondary N) is 1. The summed E-state index contributed by atoms with van der Waals surface area (Å²) in [6.45, 7) is 3.72. The SMILES string of the molecule is Cc1cccc(C)c1OCC(=O)NN=Cc1ccc(OC(=O)c2ccco2)c(I)c1. The van der Waals surface area contributed by atoms with Gasteiger partial charge in [-0.3, -0.25) is 4.79 Å². The average Bonchev–Trinajstić information content (AvgIpc) is 3.24. The standard InChI is InChI=1S/C22H19IN2O5/c1-14-5-3-6-15(2)21(14)29-13-20(26)25-24-12-16-8-9-18(17(23)11-16)30-22(27)19-7-4-10-28-19/h3-12H,13H2,1-2H3,(H,25,26). The maximum atomic E-state index is 12.0. The first-order valence-corrected chi connectivity index (χ1v) is 10.1. The van der Waals surface area contributed by atoms with E-state index in [1.165, 1.54) is 18.5 Å². The van der Waals surface area contributed by atoms with Gasteiger partial charge in [0, 0.05) is 0 Å². The Morgan fingerprint density at radius 2 is 1.90 bits per heavy atom. The lowest BCUT2D eigenvalue weighted by Crippen LogP contribution is -2.25. The van der Waals surface area contributed by atoms with Crippen LogP contribution in [0.2, 0.25) is 0 Å². The van der Waals surface area contributed by atoms with Gasteiger partial charge in [-0.2, -0.15) is 5.10 Å². The number of hydrazone groups is 1. The number of furan rings is 1. The van der Waals surface area contributed by atoms with E-state index in [0.29, 0.717) is 15.1 Å². The molecule has 2 aromatic carbocycles. The molecule has 0 aliphatic carbocycles. The van der Waals surface area contributed by atoms with Gasteiger partial charge in [0.1, 0.15) is 11.5 Å².